The Morgan fingerprint density at radius 3 is 1.84 bits per heavy atom. The Kier molecular flexibility index (Phi) is 16.9. The topological polar surface area (TPSA) is 244 Å². The van der Waals surface area contributed by atoms with Gasteiger partial charge in [0.15, 0.2) is 0 Å². The fourth-order valence-electron chi connectivity index (χ4n) is 5.70. The van der Waals surface area contributed by atoms with E-state index in [-0.39, 0.29) is 58.0 Å². The molecule has 8 aromatic rings. The number of nitrogens with one attached hydrogen (secondary N) is 3. The van der Waals surface area contributed by atoms with Crippen molar-refractivity contribution < 1.29 is 77.5 Å². The number of carbonyl (C=O) groups is 1. The van der Waals surface area contributed by atoms with Crippen molar-refractivity contribution >= 4 is 105 Å². The molecule has 0 bridgehead atoms. The zero-order chi connectivity index (χ0) is 49.1. The van der Waals surface area contributed by atoms with E-state index in [0.29, 0.717) is 34.3 Å². The molecule has 346 valence electrons. The molecule has 2 aromatic carbocycles. The van der Waals surface area contributed by atoms with Gasteiger partial charge in [0.25, 0.3) is 10.0 Å². The average molecular weight is 1140 g/mol. The molecule has 68 heavy (non-hydrogen) atoms. The number of aryl methyl sites for hydroxylation is 2. The number of halogens is 9. The number of carbonyl (C=O) groups excluding carboxylic acids is 1. The summed E-state index contributed by atoms with van der Waals surface area (Å²) in [6, 6.07) is 12.2. The van der Waals surface area contributed by atoms with Gasteiger partial charge in [0.2, 0.25) is 5.78 Å². The van der Waals surface area contributed by atoms with Gasteiger partial charge in [-0.05, 0) is 102 Å². The molecule has 8 rings (SSSR count). The number of alkyl halides is 6. The largest absolute Gasteiger partial charge is 1.00 e. The fourth-order valence-corrected chi connectivity index (χ4v) is 8.80. The molecule has 0 aliphatic rings. The molecule has 6 heterocycles. The summed E-state index contributed by atoms with van der Waals surface area (Å²) >= 11 is 13.2. The maximum Gasteiger partial charge on any atom is 1.00 e. The molecule has 0 aliphatic heterocycles. The third-order valence-corrected chi connectivity index (χ3v) is 13.0. The van der Waals surface area contributed by atoms with Gasteiger partial charge in [0.1, 0.15) is 60.8 Å². The van der Waals surface area contributed by atoms with Crippen molar-refractivity contribution in [1.82, 2.24) is 39.9 Å². The standard InChI is InChI=1S/C20H13ClF3N5O3S.C14H8ClF3N3O2S.C6H4IN3.Na/c1-10-6-15(29-33(31,32)11-2-3-14(21)13(7-11)20(22,23)24)17(26-8-10)18(30)16-12-4-5-25-19(12)28-9-27-16;1-8-4-12(13(6-19)20-7-8)21-24(22,23)9-2-3-11(15)10(5-9)14(16,17)18;7-5-4-1-2-8-6(4)10-3-9-5;/h2-9,29H,1H3,(H,25,27,28);2-5,7H,1H3;1-3H,(H,8,9,10);/q;-1;;+1. The predicted molar refractivity (Wildman–Crippen MR) is 241 cm³/mol. The Labute approximate surface area is 426 Å². The number of rotatable bonds is 8. The van der Waals surface area contributed by atoms with E-state index in [4.69, 9.17) is 28.5 Å². The minimum absolute atomic E-state index is 0. The zero-order valence-corrected chi connectivity index (χ0v) is 41.9. The van der Waals surface area contributed by atoms with Crippen LogP contribution in [0, 0.1) is 28.9 Å². The van der Waals surface area contributed by atoms with Crippen LogP contribution in [0.2, 0.25) is 10.0 Å². The van der Waals surface area contributed by atoms with Gasteiger partial charge in [0.05, 0.1) is 42.0 Å². The van der Waals surface area contributed by atoms with Gasteiger partial charge in [-0.3, -0.25) is 14.5 Å². The van der Waals surface area contributed by atoms with Crippen LogP contribution < -0.4 is 34.3 Å². The number of anilines is 1. The molecule has 0 aliphatic carbocycles. The van der Waals surface area contributed by atoms with E-state index in [9.17, 15) is 48.0 Å². The maximum absolute atomic E-state index is 13.2. The SMILES string of the molecule is Cc1cnc(C#N)c([N-]S(=O)(=O)c2ccc(Cl)c(C(F)(F)F)c2)c1.Cc1cnc(C(=O)c2ncnc3[nH]ccc23)c(NS(=O)(=O)c2ccc(Cl)c(C(F)(F)F)c2)c1.Ic1ncnc2[nH]ccc12.[Na+]. The monoisotopic (exact) mass is 1140 g/mol. The minimum atomic E-state index is -4.86. The van der Waals surface area contributed by atoms with Gasteiger partial charge in [-0.2, -0.15) is 31.6 Å². The fraction of sp³-hybridized carbons (Fsp3) is 0.100. The average Bonchev–Trinajstić information content (AvgIpc) is 3.95. The van der Waals surface area contributed by atoms with E-state index in [1.807, 2.05) is 12.3 Å². The third kappa shape index (κ3) is 12.6. The Morgan fingerprint density at radius 2 is 1.25 bits per heavy atom. The predicted octanol–water partition coefficient (Wildman–Crippen LogP) is 7.26. The minimum Gasteiger partial charge on any atom is -0.570 e. The van der Waals surface area contributed by atoms with Crippen molar-refractivity contribution in [2.75, 3.05) is 4.72 Å². The van der Waals surface area contributed by atoms with Crippen molar-refractivity contribution in [2.45, 2.75) is 36.0 Å². The van der Waals surface area contributed by atoms with Crippen molar-refractivity contribution in [3.63, 3.8) is 0 Å². The Balaban J connectivity index is 0.000000214. The molecule has 3 N–H and O–H groups in total. The van der Waals surface area contributed by atoms with E-state index < -0.39 is 69.1 Å². The van der Waals surface area contributed by atoms with Crippen molar-refractivity contribution in [3.8, 4) is 6.07 Å². The van der Waals surface area contributed by atoms with Gasteiger partial charge in [-0.15, -0.1) is 0 Å². The first kappa shape index (κ1) is 53.5. The first-order valence-electron chi connectivity index (χ1n) is 18.2. The molecule has 0 saturated carbocycles. The molecule has 0 spiro atoms. The number of H-pyrrole nitrogens is 2. The first-order valence-corrected chi connectivity index (χ1v) is 23.0. The number of hydrogen-bond acceptors (Lipinski definition) is 12. The van der Waals surface area contributed by atoms with Gasteiger partial charge in [-0.1, -0.05) is 35.0 Å². The van der Waals surface area contributed by atoms with Crippen LogP contribution in [0.5, 0.6) is 0 Å². The molecule has 0 amide bonds. The van der Waals surface area contributed by atoms with Gasteiger partial charge < -0.3 is 14.7 Å². The molecule has 16 nitrogen and oxygen atoms in total. The number of benzene rings is 2. The van der Waals surface area contributed by atoms with Crippen LogP contribution in [-0.2, 0) is 32.4 Å². The molecule has 0 atom stereocenters. The number of aromatic nitrogens is 8. The molecule has 0 saturated heterocycles. The number of nitrogens with zero attached hydrogens (tertiary/aromatic N) is 8. The molecule has 0 fully saturated rings. The second-order valence-corrected chi connectivity index (χ2v) is 18.7. The summed E-state index contributed by atoms with van der Waals surface area (Å²) in [6.45, 7) is 3.21. The van der Waals surface area contributed by atoms with Crippen LogP contribution in [0.3, 0.4) is 0 Å². The number of ketones is 1. The summed E-state index contributed by atoms with van der Waals surface area (Å²) in [5, 5.41) is 9.14. The number of pyridine rings is 2. The molecule has 0 radical (unpaired) electrons. The summed E-state index contributed by atoms with van der Waals surface area (Å²) in [6.07, 6.45) is -0.840. The number of nitriles is 1. The summed E-state index contributed by atoms with van der Waals surface area (Å²) in [7, 11) is -9.03. The van der Waals surface area contributed by atoms with Gasteiger partial charge >= 0.3 is 41.9 Å². The second-order valence-electron chi connectivity index (χ2n) is 13.5. The van der Waals surface area contributed by atoms with Crippen molar-refractivity contribution in [3.05, 3.63) is 156 Å². The molecule has 6 aromatic heterocycles. The zero-order valence-electron chi connectivity index (χ0n) is 34.6. The first-order chi connectivity index (χ1) is 31.4. The van der Waals surface area contributed by atoms with E-state index in [0.717, 1.165) is 45.3 Å². The van der Waals surface area contributed by atoms with Crippen LogP contribution in [0.25, 0.3) is 26.8 Å². The number of hydrogen-bond donors (Lipinski definition) is 3. The van der Waals surface area contributed by atoms with Crippen molar-refractivity contribution in [2.24, 2.45) is 0 Å². The number of aromatic amines is 2. The third-order valence-electron chi connectivity index (χ3n) is 8.78. The molecule has 28 heteroatoms. The van der Waals surface area contributed by atoms with Crippen molar-refractivity contribution in [1.29, 1.82) is 5.26 Å². The number of sulfonamides is 2. The summed E-state index contributed by atoms with van der Waals surface area (Å²) < 4.78 is 135. The summed E-state index contributed by atoms with van der Waals surface area (Å²) in [5.74, 6) is -0.702. The Bertz CT molecular complexity index is 3470. The van der Waals surface area contributed by atoms with Crippen LogP contribution >= 0.6 is 45.8 Å². The van der Waals surface area contributed by atoms with E-state index >= 15 is 0 Å². The number of fused-ring (bicyclic) bond motifs is 2. The smallest absolute Gasteiger partial charge is 0.570 e. The van der Waals surface area contributed by atoms with Crippen LogP contribution in [0.4, 0.5) is 37.7 Å². The normalized spacial score (nSPS) is 11.6. The molecular formula is C40H25Cl2F6IN11NaO5S2. The maximum atomic E-state index is 13.2. The van der Waals surface area contributed by atoms with Crippen LogP contribution in [-0.4, -0.2) is 62.5 Å². The molecule has 0 unspecified atom stereocenters. The summed E-state index contributed by atoms with van der Waals surface area (Å²) in [5.41, 5.74) is -1.28. The Morgan fingerprint density at radius 1 is 0.721 bits per heavy atom. The quantitative estimate of drug-likeness (QED) is 0.0448. The Hall–Kier alpha value is -5.47. The van der Waals surface area contributed by atoms with E-state index in [1.54, 1.807) is 38.5 Å². The second kappa shape index (κ2) is 21.4. The summed E-state index contributed by atoms with van der Waals surface area (Å²) in [4.78, 5) is 41.5. The van der Waals surface area contributed by atoms with Gasteiger partial charge in [-0.25, -0.2) is 41.8 Å². The van der Waals surface area contributed by atoms with Gasteiger partial charge in [0, 0.05) is 30.2 Å². The molecular weight excluding hydrogens is 1110 g/mol. The van der Waals surface area contributed by atoms with E-state index in [2.05, 4.69) is 71.9 Å². The van der Waals surface area contributed by atoms with E-state index in [1.165, 1.54) is 24.5 Å². The van der Waals surface area contributed by atoms with Crippen LogP contribution in [0.15, 0.2) is 108 Å². The van der Waals surface area contributed by atoms with Crippen LogP contribution in [0.1, 0.15) is 44.1 Å².